The predicted molar refractivity (Wildman–Crippen MR) is 79.5 cm³/mol. The van der Waals surface area contributed by atoms with Crippen molar-refractivity contribution in [1.29, 1.82) is 0 Å². The van der Waals surface area contributed by atoms with Crippen molar-refractivity contribution in [3.05, 3.63) is 0 Å². The number of carbonyl (C=O) groups is 1. The summed E-state index contributed by atoms with van der Waals surface area (Å²) >= 11 is 0. The molecule has 1 saturated carbocycles. The fraction of sp³-hybridized carbons (Fsp3) is 0.933. The van der Waals surface area contributed by atoms with Gasteiger partial charge in [-0.3, -0.25) is 4.79 Å². The highest BCUT2D eigenvalue weighted by molar-refractivity contribution is 5.81. The molecule has 0 aromatic heterocycles. The Labute approximate surface area is 122 Å². The average molecular weight is 286 g/mol. The van der Waals surface area contributed by atoms with Crippen molar-refractivity contribution >= 4 is 5.97 Å². The lowest BCUT2D eigenvalue weighted by Gasteiger charge is -2.30. The lowest BCUT2D eigenvalue weighted by molar-refractivity contribution is -0.151. The molecule has 2 N–H and O–H groups in total. The number of rotatable bonds is 9. The molecule has 1 fully saturated rings. The van der Waals surface area contributed by atoms with Gasteiger partial charge in [-0.2, -0.15) is 0 Å². The van der Waals surface area contributed by atoms with E-state index >= 15 is 0 Å². The van der Waals surface area contributed by atoms with E-state index in [1.807, 2.05) is 6.92 Å². The molecule has 2 unspecified atom stereocenters. The van der Waals surface area contributed by atoms with Crippen LogP contribution in [0, 0.1) is 5.92 Å². The van der Waals surface area contributed by atoms with Crippen LogP contribution >= 0.6 is 0 Å². The number of carbonyl (C=O) groups excluding carboxylic acids is 1. The number of hydrogen-bond acceptors (Lipinski definition) is 5. The summed E-state index contributed by atoms with van der Waals surface area (Å²) in [7, 11) is 1.72. The first-order valence-electron chi connectivity index (χ1n) is 7.75. The van der Waals surface area contributed by atoms with Crippen LogP contribution in [0.2, 0.25) is 0 Å². The molecule has 118 valence electrons. The quantitative estimate of drug-likeness (QED) is 0.649. The van der Waals surface area contributed by atoms with Gasteiger partial charge in [0.2, 0.25) is 0 Å². The van der Waals surface area contributed by atoms with Crippen LogP contribution in [0.15, 0.2) is 0 Å². The van der Waals surface area contributed by atoms with Crippen molar-refractivity contribution in [1.82, 2.24) is 4.90 Å². The van der Waals surface area contributed by atoms with Gasteiger partial charge in [0.05, 0.1) is 13.2 Å². The lowest BCUT2D eigenvalue weighted by atomic mass is 9.85. The number of nitrogens with two attached hydrogens (primary N) is 1. The van der Waals surface area contributed by atoms with E-state index in [1.165, 1.54) is 0 Å². The molecule has 0 heterocycles. The van der Waals surface area contributed by atoms with E-state index in [1.54, 1.807) is 7.11 Å². The Morgan fingerprint density at radius 3 is 2.75 bits per heavy atom. The molecule has 1 aliphatic rings. The number of esters is 1. The van der Waals surface area contributed by atoms with Gasteiger partial charge in [0.15, 0.2) is 0 Å². The van der Waals surface area contributed by atoms with Crippen LogP contribution in [0.1, 0.15) is 39.5 Å². The van der Waals surface area contributed by atoms with Crippen molar-refractivity contribution in [2.45, 2.75) is 45.1 Å². The van der Waals surface area contributed by atoms with Gasteiger partial charge < -0.3 is 20.1 Å². The maximum Gasteiger partial charge on any atom is 0.326 e. The van der Waals surface area contributed by atoms with Crippen LogP contribution < -0.4 is 5.73 Å². The Morgan fingerprint density at radius 2 is 2.15 bits per heavy atom. The average Bonchev–Trinajstić information content (AvgIpc) is 2.82. The maximum atomic E-state index is 12.1. The molecular formula is C15H30N2O3. The highest BCUT2D eigenvalue weighted by atomic mass is 16.5. The Morgan fingerprint density at radius 1 is 1.40 bits per heavy atom. The number of methoxy groups -OCH3 is 1. The van der Waals surface area contributed by atoms with Gasteiger partial charge in [0.25, 0.3) is 0 Å². The van der Waals surface area contributed by atoms with Crippen LogP contribution in [0.3, 0.4) is 0 Å². The number of likely N-dealkylation sites (N-methyl/N-ethyl adjacent to an activating group) is 1. The molecule has 1 aliphatic carbocycles. The minimum absolute atomic E-state index is 0.220. The van der Waals surface area contributed by atoms with Crippen molar-refractivity contribution in [3.63, 3.8) is 0 Å². The van der Waals surface area contributed by atoms with Crippen LogP contribution in [0.25, 0.3) is 0 Å². The Bertz CT molecular complexity index is 299. The molecular weight excluding hydrogens is 256 g/mol. The zero-order valence-corrected chi connectivity index (χ0v) is 13.2. The standard InChI is InChI=1S/C15H30N2O3/c1-4-17(11-12-19-3)10-8-13-7-6-9-15(13,16)14(18)20-5-2/h13H,4-12,16H2,1-3H3. The number of nitrogens with zero attached hydrogens (tertiary/aromatic N) is 1. The molecule has 0 spiro atoms. The number of hydrogen-bond donors (Lipinski definition) is 1. The summed E-state index contributed by atoms with van der Waals surface area (Å²) in [5, 5.41) is 0. The molecule has 5 heteroatoms. The minimum atomic E-state index is -0.767. The normalized spacial score (nSPS) is 26.1. The summed E-state index contributed by atoms with van der Waals surface area (Å²) in [5.74, 6) is 0.0144. The molecule has 0 saturated heterocycles. The Balaban J connectivity index is 2.50. The van der Waals surface area contributed by atoms with Gasteiger partial charge >= 0.3 is 5.97 Å². The van der Waals surface area contributed by atoms with E-state index in [0.717, 1.165) is 51.9 Å². The van der Waals surface area contributed by atoms with Crippen molar-refractivity contribution < 1.29 is 14.3 Å². The molecule has 1 rings (SSSR count). The van der Waals surface area contributed by atoms with E-state index in [2.05, 4.69) is 11.8 Å². The lowest BCUT2D eigenvalue weighted by Crippen LogP contribution is -2.52. The molecule has 20 heavy (non-hydrogen) atoms. The van der Waals surface area contributed by atoms with Gasteiger partial charge in [-0.25, -0.2) is 0 Å². The Kier molecular flexibility index (Phi) is 7.48. The summed E-state index contributed by atoms with van der Waals surface area (Å²) < 4.78 is 10.3. The second kappa shape index (κ2) is 8.60. The molecule has 0 aromatic rings. The zero-order chi connectivity index (χ0) is 15.0. The molecule has 0 aliphatic heterocycles. The van der Waals surface area contributed by atoms with Gasteiger partial charge in [-0.15, -0.1) is 0 Å². The van der Waals surface area contributed by atoms with Crippen molar-refractivity contribution in [2.24, 2.45) is 11.7 Å². The zero-order valence-electron chi connectivity index (χ0n) is 13.2. The smallest absolute Gasteiger partial charge is 0.326 e. The van der Waals surface area contributed by atoms with E-state index < -0.39 is 5.54 Å². The van der Waals surface area contributed by atoms with Crippen LogP contribution in [-0.2, 0) is 14.3 Å². The predicted octanol–water partition coefficient (Wildman–Crippen LogP) is 1.41. The topological polar surface area (TPSA) is 64.8 Å². The first-order valence-corrected chi connectivity index (χ1v) is 7.75. The molecule has 0 aromatic carbocycles. The fourth-order valence-electron chi connectivity index (χ4n) is 3.03. The molecule has 0 bridgehead atoms. The van der Waals surface area contributed by atoms with Gasteiger partial charge in [-0.05, 0) is 45.2 Å². The Hall–Kier alpha value is -0.650. The third kappa shape index (κ3) is 4.43. The second-order valence-corrected chi connectivity index (χ2v) is 5.57. The minimum Gasteiger partial charge on any atom is -0.465 e. The van der Waals surface area contributed by atoms with Crippen molar-refractivity contribution in [3.8, 4) is 0 Å². The second-order valence-electron chi connectivity index (χ2n) is 5.57. The van der Waals surface area contributed by atoms with E-state index in [9.17, 15) is 4.79 Å². The van der Waals surface area contributed by atoms with Crippen LogP contribution in [0.4, 0.5) is 0 Å². The maximum absolute atomic E-state index is 12.1. The summed E-state index contributed by atoms with van der Waals surface area (Å²) in [6.07, 6.45) is 3.74. The summed E-state index contributed by atoms with van der Waals surface area (Å²) in [6, 6.07) is 0. The van der Waals surface area contributed by atoms with Gasteiger partial charge in [-0.1, -0.05) is 13.3 Å². The molecule has 0 radical (unpaired) electrons. The largest absolute Gasteiger partial charge is 0.465 e. The summed E-state index contributed by atoms with van der Waals surface area (Å²) in [4.78, 5) is 14.4. The molecule has 2 atom stereocenters. The third-order valence-electron chi connectivity index (χ3n) is 4.38. The van der Waals surface area contributed by atoms with Gasteiger partial charge in [0, 0.05) is 13.7 Å². The highest BCUT2D eigenvalue weighted by Gasteiger charge is 2.46. The van der Waals surface area contributed by atoms with E-state index in [4.69, 9.17) is 15.2 Å². The summed E-state index contributed by atoms with van der Waals surface area (Å²) in [6.45, 7) is 8.00. The van der Waals surface area contributed by atoms with Crippen LogP contribution in [-0.4, -0.2) is 56.4 Å². The fourth-order valence-corrected chi connectivity index (χ4v) is 3.03. The highest BCUT2D eigenvalue weighted by Crippen LogP contribution is 2.37. The number of ether oxygens (including phenoxy) is 2. The van der Waals surface area contributed by atoms with E-state index in [0.29, 0.717) is 6.61 Å². The van der Waals surface area contributed by atoms with Crippen LogP contribution in [0.5, 0.6) is 0 Å². The first-order chi connectivity index (χ1) is 9.58. The monoisotopic (exact) mass is 286 g/mol. The third-order valence-corrected chi connectivity index (χ3v) is 4.38. The van der Waals surface area contributed by atoms with Crippen molar-refractivity contribution in [2.75, 3.05) is 40.0 Å². The molecule has 5 nitrogen and oxygen atoms in total. The van der Waals surface area contributed by atoms with E-state index in [-0.39, 0.29) is 11.9 Å². The molecule has 0 amide bonds. The summed E-state index contributed by atoms with van der Waals surface area (Å²) in [5.41, 5.74) is 5.58. The first kappa shape index (κ1) is 17.4. The van der Waals surface area contributed by atoms with Gasteiger partial charge in [0.1, 0.15) is 5.54 Å². The SMILES string of the molecule is CCOC(=O)C1(N)CCCC1CCN(CC)CCOC.